The van der Waals surface area contributed by atoms with Gasteiger partial charge in [-0.1, -0.05) is 96.1 Å². The molecule has 0 aliphatic rings. The third kappa shape index (κ3) is 10.4. The maximum atomic E-state index is 13.5. The van der Waals surface area contributed by atoms with Gasteiger partial charge < -0.3 is 19.3 Å². The highest BCUT2D eigenvalue weighted by Crippen LogP contribution is 2.28. The summed E-state index contributed by atoms with van der Waals surface area (Å²) in [6.07, 6.45) is 1.45. The second-order valence-electron chi connectivity index (χ2n) is 13.1. The Morgan fingerprint density at radius 3 is 1.89 bits per heavy atom. The Balaban J connectivity index is 1.45. The molecule has 0 atom stereocenters. The van der Waals surface area contributed by atoms with Gasteiger partial charge >= 0.3 is 12.2 Å². The van der Waals surface area contributed by atoms with E-state index < -0.39 is 12.2 Å². The van der Waals surface area contributed by atoms with Crippen LogP contribution in [-0.4, -0.2) is 45.0 Å². The average Bonchev–Trinajstić information content (AvgIpc) is 3.70. The Labute approximate surface area is 275 Å². The lowest BCUT2D eigenvalue weighted by Crippen LogP contribution is -2.36. The van der Waals surface area contributed by atoms with Crippen molar-refractivity contribution in [3.05, 3.63) is 104 Å². The van der Waals surface area contributed by atoms with Gasteiger partial charge in [-0.25, -0.2) is 14.6 Å². The topological polar surface area (TPSA) is 84.9 Å². The third-order valence-electron chi connectivity index (χ3n) is 7.28. The molecule has 0 unspecified atom stereocenters. The summed E-state index contributed by atoms with van der Waals surface area (Å²) in [5.74, 6) is 0. The second kappa shape index (κ2) is 15.5. The Kier molecular flexibility index (Phi) is 11.7. The van der Waals surface area contributed by atoms with Crippen molar-refractivity contribution in [2.24, 2.45) is 0 Å². The predicted octanol–water partition coefficient (Wildman–Crippen LogP) is 8.56. The summed E-state index contributed by atoms with van der Waals surface area (Å²) < 4.78 is 11.5. The van der Waals surface area contributed by atoms with E-state index in [2.05, 4.69) is 75.8 Å². The van der Waals surface area contributed by atoms with Crippen molar-refractivity contribution in [1.29, 1.82) is 0 Å². The van der Waals surface area contributed by atoms with E-state index in [-0.39, 0.29) is 24.0 Å². The first-order valence-corrected chi connectivity index (χ1v) is 16.9. The number of thiazole rings is 2. The largest absolute Gasteiger partial charge is 0.444 e. The molecule has 2 aromatic heterocycles. The van der Waals surface area contributed by atoms with Gasteiger partial charge in [0.25, 0.3) is 0 Å². The Bertz CT molecular complexity index is 1490. The average molecular weight is 649 g/mol. The molecule has 2 amide bonds. The Hall–Kier alpha value is -3.76. The molecule has 0 radical (unpaired) electrons. The van der Waals surface area contributed by atoms with Gasteiger partial charge in [-0.15, -0.1) is 22.7 Å². The van der Waals surface area contributed by atoms with Crippen LogP contribution in [0.4, 0.5) is 9.59 Å². The number of nitrogens with zero attached hydrogens (tertiary/aromatic N) is 4. The molecule has 0 aliphatic heterocycles. The maximum absolute atomic E-state index is 13.5. The van der Waals surface area contributed by atoms with Crippen molar-refractivity contribution < 1.29 is 19.1 Å². The molecule has 45 heavy (non-hydrogen) atoms. The molecule has 10 heteroatoms. The lowest BCUT2D eigenvalue weighted by atomic mass is 9.87. The quantitative estimate of drug-likeness (QED) is 0.153. The zero-order valence-electron chi connectivity index (χ0n) is 27.1. The lowest BCUT2D eigenvalue weighted by molar-refractivity contribution is 0.0848. The number of amides is 2. The first-order valence-electron chi connectivity index (χ1n) is 15.2. The van der Waals surface area contributed by atoms with Gasteiger partial charge in [0.05, 0.1) is 26.5 Å². The van der Waals surface area contributed by atoms with Crippen LogP contribution in [0.5, 0.6) is 0 Å². The van der Waals surface area contributed by atoms with Gasteiger partial charge in [-0.2, -0.15) is 0 Å². The Morgan fingerprint density at radius 1 is 0.733 bits per heavy atom. The molecule has 4 rings (SSSR count). The number of aromatic nitrogens is 2. The zero-order chi connectivity index (χ0) is 32.5. The van der Waals surface area contributed by atoms with Crippen molar-refractivity contribution in [2.75, 3.05) is 13.1 Å². The summed E-state index contributed by atoms with van der Waals surface area (Å²) in [6.45, 7) is 14.8. The van der Waals surface area contributed by atoms with E-state index in [1.54, 1.807) is 27.0 Å². The fourth-order valence-electron chi connectivity index (χ4n) is 4.80. The number of carbonyl (C=O) groups is 2. The van der Waals surface area contributed by atoms with Crippen LogP contribution in [0.2, 0.25) is 0 Å². The summed E-state index contributed by atoms with van der Waals surface area (Å²) in [4.78, 5) is 40.5. The standard InChI is InChI=1S/C35H44N4O4S2/c1-34(2,3)28-15-13-27(14-16-28)21-39(33(41)43-23-30-31(35(4,5)6)37-25-45-30)18-10-17-38(20-26-11-8-7-9-12-26)32(40)42-22-29-19-36-24-44-29/h7-9,11-16,19,24-25H,10,17-18,20-23H2,1-6H3. The van der Waals surface area contributed by atoms with E-state index in [0.717, 1.165) is 26.6 Å². The zero-order valence-corrected chi connectivity index (χ0v) is 28.7. The van der Waals surface area contributed by atoms with Crippen LogP contribution < -0.4 is 0 Å². The van der Waals surface area contributed by atoms with E-state index in [1.807, 2.05) is 30.3 Å². The molecule has 2 heterocycles. The highest BCUT2D eigenvalue weighted by atomic mass is 32.1. The van der Waals surface area contributed by atoms with E-state index in [0.29, 0.717) is 32.6 Å². The molecule has 4 aromatic rings. The summed E-state index contributed by atoms with van der Waals surface area (Å²) >= 11 is 2.95. The molecule has 8 nitrogen and oxygen atoms in total. The van der Waals surface area contributed by atoms with Crippen LogP contribution in [0.15, 0.2) is 71.8 Å². The van der Waals surface area contributed by atoms with Gasteiger partial charge in [0.2, 0.25) is 0 Å². The molecule has 0 fully saturated rings. The van der Waals surface area contributed by atoms with E-state index >= 15 is 0 Å². The van der Waals surface area contributed by atoms with Crippen molar-refractivity contribution in [1.82, 2.24) is 19.8 Å². The van der Waals surface area contributed by atoms with Crippen LogP contribution in [0, 0.1) is 0 Å². The monoisotopic (exact) mass is 648 g/mol. The van der Waals surface area contributed by atoms with Crippen LogP contribution in [0.25, 0.3) is 0 Å². The van der Waals surface area contributed by atoms with E-state index in [1.165, 1.54) is 28.2 Å². The van der Waals surface area contributed by atoms with Gasteiger partial charge in [-0.3, -0.25) is 4.98 Å². The maximum Gasteiger partial charge on any atom is 0.410 e. The van der Waals surface area contributed by atoms with Gasteiger partial charge in [0, 0.05) is 37.8 Å². The summed E-state index contributed by atoms with van der Waals surface area (Å²) in [6, 6.07) is 18.2. The number of rotatable bonds is 12. The van der Waals surface area contributed by atoms with Crippen LogP contribution >= 0.6 is 22.7 Å². The fraction of sp³-hybridized carbons (Fsp3) is 0.429. The SMILES string of the molecule is CC(C)(C)c1ccc(CN(CCCN(Cc2ccccc2)C(=O)OCc2cncs2)C(=O)OCc2scnc2C(C)(C)C)cc1. The van der Waals surface area contributed by atoms with Gasteiger partial charge in [0.1, 0.15) is 13.2 Å². The number of ether oxygens (including phenoxy) is 2. The lowest BCUT2D eigenvalue weighted by Gasteiger charge is -2.26. The third-order valence-corrected chi connectivity index (χ3v) is 8.84. The number of carbonyl (C=O) groups excluding carboxylic acids is 2. The fourth-order valence-corrected chi connectivity index (χ4v) is 6.19. The molecule has 0 aliphatic carbocycles. The molecule has 0 spiro atoms. The molecular weight excluding hydrogens is 605 g/mol. The minimum absolute atomic E-state index is 0.0352. The van der Waals surface area contributed by atoms with Gasteiger partial charge in [0.15, 0.2) is 0 Å². The number of hydrogen-bond acceptors (Lipinski definition) is 8. The summed E-state index contributed by atoms with van der Waals surface area (Å²) in [5, 5.41) is 0. The highest BCUT2D eigenvalue weighted by Gasteiger charge is 2.24. The molecule has 2 aromatic carbocycles. The predicted molar refractivity (Wildman–Crippen MR) is 180 cm³/mol. The van der Waals surface area contributed by atoms with E-state index in [9.17, 15) is 9.59 Å². The Morgan fingerprint density at radius 2 is 1.33 bits per heavy atom. The van der Waals surface area contributed by atoms with Crippen molar-refractivity contribution >= 4 is 34.9 Å². The first-order chi connectivity index (χ1) is 21.4. The van der Waals surface area contributed by atoms with Crippen molar-refractivity contribution in [3.8, 4) is 0 Å². The molecule has 0 bridgehead atoms. The summed E-state index contributed by atoms with van der Waals surface area (Å²) in [7, 11) is 0. The van der Waals surface area contributed by atoms with E-state index in [4.69, 9.17) is 9.47 Å². The summed E-state index contributed by atoms with van der Waals surface area (Å²) in [5.41, 5.74) is 7.59. The van der Waals surface area contributed by atoms with Gasteiger partial charge in [-0.05, 0) is 28.5 Å². The molecule has 0 saturated carbocycles. The highest BCUT2D eigenvalue weighted by molar-refractivity contribution is 7.09. The minimum atomic E-state index is -0.404. The van der Waals surface area contributed by atoms with Crippen molar-refractivity contribution in [2.45, 2.75) is 85.1 Å². The van der Waals surface area contributed by atoms with Crippen LogP contribution in [0.3, 0.4) is 0 Å². The van der Waals surface area contributed by atoms with Crippen LogP contribution in [0.1, 0.15) is 80.1 Å². The number of benzene rings is 2. The molecule has 240 valence electrons. The second-order valence-corrected chi connectivity index (χ2v) is 15.0. The molecular formula is C35H44N4O4S2. The molecule has 0 saturated heterocycles. The van der Waals surface area contributed by atoms with Crippen LogP contribution in [-0.2, 0) is 46.6 Å². The first kappa shape index (κ1) is 34.1. The smallest absolute Gasteiger partial charge is 0.410 e. The normalized spacial score (nSPS) is 11.7. The minimum Gasteiger partial charge on any atom is -0.444 e. The molecule has 0 N–H and O–H groups in total. The van der Waals surface area contributed by atoms with Crippen molar-refractivity contribution in [3.63, 3.8) is 0 Å². The number of hydrogen-bond donors (Lipinski definition) is 0.